The monoisotopic (exact) mass is 286 g/mol. The Hall–Kier alpha value is -1.14. The Morgan fingerprint density at radius 2 is 1.89 bits per heavy atom. The van der Waals surface area contributed by atoms with Crippen molar-refractivity contribution in [2.45, 2.75) is 30.6 Å². The lowest BCUT2D eigenvalue weighted by Crippen LogP contribution is -2.08. The molecular weight excluding hydrogens is 272 g/mol. The van der Waals surface area contributed by atoms with Crippen LogP contribution in [0.2, 0.25) is 0 Å². The van der Waals surface area contributed by atoms with Crippen molar-refractivity contribution in [2.75, 3.05) is 0 Å². The minimum absolute atomic E-state index is 0.0797. The molecule has 0 aliphatic heterocycles. The van der Waals surface area contributed by atoms with E-state index in [4.69, 9.17) is 9.84 Å². The number of aliphatic carboxylic acids is 1. The van der Waals surface area contributed by atoms with Crippen LogP contribution in [-0.2, 0) is 9.59 Å². The number of carbonyl (C=O) groups is 2. The van der Waals surface area contributed by atoms with E-state index in [0.717, 1.165) is 4.90 Å². The molecule has 4 nitrogen and oxygen atoms in total. The molecule has 0 aromatic heterocycles. The highest BCUT2D eigenvalue weighted by atomic mass is 33.1. The zero-order chi connectivity index (χ0) is 13.4. The van der Waals surface area contributed by atoms with E-state index in [2.05, 4.69) is 11.7 Å². The number of rotatable bonds is 7. The van der Waals surface area contributed by atoms with E-state index in [-0.39, 0.29) is 18.8 Å². The van der Waals surface area contributed by atoms with Gasteiger partial charge in [0.15, 0.2) is 0 Å². The fraction of sp³-hybridized carbons (Fsp3) is 0.333. The van der Waals surface area contributed by atoms with E-state index in [1.807, 2.05) is 12.1 Å². The molecule has 1 aromatic carbocycles. The first-order valence-corrected chi connectivity index (χ1v) is 7.33. The SMILES string of the molecule is O=C(O)CCCCC(=O)Oc1ccccc1SS. The average Bonchev–Trinajstić information content (AvgIpc) is 2.35. The predicted molar refractivity (Wildman–Crippen MR) is 73.0 cm³/mol. The summed E-state index contributed by atoms with van der Waals surface area (Å²) in [5, 5.41) is 8.45. The van der Waals surface area contributed by atoms with Crippen molar-refractivity contribution in [2.24, 2.45) is 0 Å². The second kappa shape index (κ2) is 8.05. The summed E-state index contributed by atoms with van der Waals surface area (Å²) in [6.45, 7) is 0. The Kier molecular flexibility index (Phi) is 6.67. The van der Waals surface area contributed by atoms with Gasteiger partial charge in [0.1, 0.15) is 5.75 Å². The number of benzene rings is 1. The maximum Gasteiger partial charge on any atom is 0.311 e. The van der Waals surface area contributed by atoms with Crippen LogP contribution in [0.25, 0.3) is 0 Å². The molecule has 0 aliphatic carbocycles. The van der Waals surface area contributed by atoms with Gasteiger partial charge in [0.25, 0.3) is 0 Å². The van der Waals surface area contributed by atoms with Crippen LogP contribution in [0.15, 0.2) is 29.2 Å². The molecule has 0 radical (unpaired) electrons. The van der Waals surface area contributed by atoms with E-state index < -0.39 is 5.97 Å². The predicted octanol–water partition coefficient (Wildman–Crippen LogP) is 3.17. The highest BCUT2D eigenvalue weighted by molar-refractivity contribution is 8.68. The molecule has 1 N–H and O–H groups in total. The molecular formula is C12H14O4S2. The van der Waals surface area contributed by atoms with Crippen LogP contribution in [0.3, 0.4) is 0 Å². The second-order valence-corrected chi connectivity index (χ2v) is 4.78. The standard InChI is InChI=1S/C12H14O4S2/c13-11(14)7-3-4-8-12(15)16-9-5-1-2-6-10(9)18-17/h1-2,5-6,17H,3-4,7-8H2,(H,13,14). The molecule has 0 spiro atoms. The number of unbranched alkanes of at least 4 members (excludes halogenated alkanes) is 1. The molecule has 0 fully saturated rings. The third-order valence-electron chi connectivity index (χ3n) is 2.19. The van der Waals surface area contributed by atoms with E-state index in [1.165, 1.54) is 10.8 Å². The van der Waals surface area contributed by atoms with Crippen molar-refractivity contribution in [3.63, 3.8) is 0 Å². The van der Waals surface area contributed by atoms with Gasteiger partial charge >= 0.3 is 11.9 Å². The first-order chi connectivity index (χ1) is 8.63. The van der Waals surface area contributed by atoms with E-state index in [0.29, 0.717) is 18.6 Å². The highest BCUT2D eigenvalue weighted by Gasteiger charge is 2.08. The van der Waals surface area contributed by atoms with Crippen molar-refractivity contribution in [3.05, 3.63) is 24.3 Å². The number of para-hydroxylation sites is 1. The van der Waals surface area contributed by atoms with Gasteiger partial charge in [0.2, 0.25) is 0 Å². The van der Waals surface area contributed by atoms with Gasteiger partial charge in [-0.15, -0.1) is 11.7 Å². The lowest BCUT2D eigenvalue weighted by molar-refractivity contribution is -0.138. The topological polar surface area (TPSA) is 63.6 Å². The van der Waals surface area contributed by atoms with E-state index >= 15 is 0 Å². The summed E-state index contributed by atoms with van der Waals surface area (Å²) in [5.41, 5.74) is 0. The van der Waals surface area contributed by atoms with Gasteiger partial charge in [-0.3, -0.25) is 9.59 Å². The average molecular weight is 286 g/mol. The molecule has 0 atom stereocenters. The zero-order valence-corrected chi connectivity index (χ0v) is 11.4. The van der Waals surface area contributed by atoms with E-state index in [9.17, 15) is 9.59 Å². The first-order valence-electron chi connectivity index (χ1n) is 5.46. The number of carboxylic acids is 1. The van der Waals surface area contributed by atoms with Crippen LogP contribution >= 0.6 is 22.5 Å². The van der Waals surface area contributed by atoms with E-state index in [1.54, 1.807) is 12.1 Å². The molecule has 0 amide bonds. The van der Waals surface area contributed by atoms with Gasteiger partial charge in [-0.05, 0) is 25.0 Å². The molecule has 18 heavy (non-hydrogen) atoms. The summed E-state index contributed by atoms with van der Waals surface area (Å²) in [6, 6.07) is 7.13. The number of carboxylic acid groups (broad SMARTS) is 1. The summed E-state index contributed by atoms with van der Waals surface area (Å²) < 4.78 is 5.19. The largest absolute Gasteiger partial charge is 0.481 e. The third kappa shape index (κ3) is 5.46. The Balaban J connectivity index is 2.37. The maximum absolute atomic E-state index is 11.5. The van der Waals surface area contributed by atoms with Crippen LogP contribution in [-0.4, -0.2) is 17.0 Å². The number of esters is 1. The number of ether oxygens (including phenoxy) is 1. The Morgan fingerprint density at radius 1 is 1.22 bits per heavy atom. The minimum atomic E-state index is -0.847. The van der Waals surface area contributed by atoms with Crippen LogP contribution < -0.4 is 4.74 Å². The fourth-order valence-electron chi connectivity index (χ4n) is 1.33. The van der Waals surface area contributed by atoms with Crippen molar-refractivity contribution in [1.29, 1.82) is 0 Å². The van der Waals surface area contributed by atoms with Gasteiger partial charge < -0.3 is 9.84 Å². The Labute approximate surface area is 115 Å². The van der Waals surface area contributed by atoms with Crippen molar-refractivity contribution in [3.8, 4) is 5.75 Å². The Bertz CT molecular complexity index is 420. The third-order valence-corrected chi connectivity index (χ3v) is 3.32. The lowest BCUT2D eigenvalue weighted by Gasteiger charge is -2.07. The van der Waals surface area contributed by atoms with Crippen molar-refractivity contribution < 1.29 is 19.4 Å². The molecule has 0 heterocycles. The van der Waals surface area contributed by atoms with Crippen LogP contribution in [0.1, 0.15) is 25.7 Å². The molecule has 0 unspecified atom stereocenters. The molecule has 0 aliphatic rings. The molecule has 0 saturated heterocycles. The number of thiol groups is 1. The zero-order valence-electron chi connectivity index (χ0n) is 9.67. The first kappa shape index (κ1) is 14.9. The fourth-order valence-corrected chi connectivity index (χ4v) is 2.12. The van der Waals surface area contributed by atoms with Crippen LogP contribution in [0, 0.1) is 0 Å². The molecule has 0 bridgehead atoms. The molecule has 6 heteroatoms. The minimum Gasteiger partial charge on any atom is -0.481 e. The summed E-state index contributed by atoms with van der Waals surface area (Å²) in [5.74, 6) is -0.712. The van der Waals surface area contributed by atoms with Gasteiger partial charge in [-0.1, -0.05) is 22.9 Å². The normalized spacial score (nSPS) is 10.1. The molecule has 1 aromatic rings. The quantitative estimate of drug-likeness (QED) is 0.265. The summed E-state index contributed by atoms with van der Waals surface area (Å²) >= 11 is 4.07. The molecule has 1 rings (SSSR count). The number of hydrogen-bond donors (Lipinski definition) is 2. The summed E-state index contributed by atoms with van der Waals surface area (Å²) in [4.78, 5) is 22.6. The smallest absolute Gasteiger partial charge is 0.311 e. The molecule has 98 valence electrons. The van der Waals surface area contributed by atoms with Gasteiger partial charge in [0.05, 0.1) is 4.90 Å². The summed E-state index contributed by atoms with van der Waals surface area (Å²) in [6.07, 6.45) is 1.30. The number of hydrogen-bond acceptors (Lipinski definition) is 5. The van der Waals surface area contributed by atoms with Crippen LogP contribution in [0.5, 0.6) is 5.75 Å². The van der Waals surface area contributed by atoms with Gasteiger partial charge in [-0.2, -0.15) is 0 Å². The maximum atomic E-state index is 11.5. The van der Waals surface area contributed by atoms with Gasteiger partial charge in [0, 0.05) is 12.8 Å². The van der Waals surface area contributed by atoms with Gasteiger partial charge in [-0.25, -0.2) is 0 Å². The number of carbonyl (C=O) groups excluding carboxylic acids is 1. The van der Waals surface area contributed by atoms with Crippen LogP contribution in [0.4, 0.5) is 0 Å². The lowest BCUT2D eigenvalue weighted by atomic mass is 10.2. The summed E-state index contributed by atoms with van der Waals surface area (Å²) in [7, 11) is 1.21. The Morgan fingerprint density at radius 3 is 2.56 bits per heavy atom. The molecule has 0 saturated carbocycles. The van der Waals surface area contributed by atoms with Crippen molar-refractivity contribution in [1.82, 2.24) is 0 Å². The van der Waals surface area contributed by atoms with Crippen molar-refractivity contribution >= 4 is 34.4 Å². The highest BCUT2D eigenvalue weighted by Crippen LogP contribution is 2.31. The second-order valence-electron chi connectivity index (χ2n) is 3.61.